The van der Waals surface area contributed by atoms with Crippen LogP contribution in [0, 0.1) is 6.92 Å². The molecule has 0 aliphatic heterocycles. The lowest BCUT2D eigenvalue weighted by molar-refractivity contribution is 0.242. The molecule has 5 aromatic rings. The van der Waals surface area contributed by atoms with Crippen molar-refractivity contribution in [3.63, 3.8) is 0 Å². The fourth-order valence-electron chi connectivity index (χ4n) is 3.86. The van der Waals surface area contributed by atoms with Crippen LogP contribution in [0.5, 0.6) is 5.75 Å². The smallest absolute Gasteiger partial charge is 0.332 e. The number of oxazole rings is 1. The standard InChI is InChI=1S/C26H24N6O4/c1-15(2)35-19-7-5-18(6-8-19)24-29-21(16(3)36-24)14-32-25(33)20-13-28-22(17-9-11-27-12-10-17)30-23(20)31(4)26(32)34/h5-13,15H,14H2,1-4H3. The van der Waals surface area contributed by atoms with Crippen LogP contribution in [0.4, 0.5) is 0 Å². The van der Waals surface area contributed by atoms with E-state index in [4.69, 9.17) is 9.15 Å². The first-order valence-corrected chi connectivity index (χ1v) is 11.4. The van der Waals surface area contributed by atoms with Gasteiger partial charge in [-0.15, -0.1) is 0 Å². The lowest BCUT2D eigenvalue weighted by Gasteiger charge is -2.10. The van der Waals surface area contributed by atoms with E-state index in [1.54, 1.807) is 38.5 Å². The van der Waals surface area contributed by atoms with Gasteiger partial charge < -0.3 is 9.15 Å². The number of hydrogen-bond acceptors (Lipinski definition) is 8. The third-order valence-electron chi connectivity index (χ3n) is 5.69. The molecular weight excluding hydrogens is 460 g/mol. The molecule has 0 spiro atoms. The van der Waals surface area contributed by atoms with E-state index in [9.17, 15) is 9.59 Å². The van der Waals surface area contributed by atoms with Crippen LogP contribution in [0.3, 0.4) is 0 Å². The largest absolute Gasteiger partial charge is 0.491 e. The summed E-state index contributed by atoms with van der Waals surface area (Å²) < 4.78 is 14.0. The van der Waals surface area contributed by atoms with E-state index in [2.05, 4.69) is 19.9 Å². The summed E-state index contributed by atoms with van der Waals surface area (Å²) in [6, 6.07) is 10.9. The Morgan fingerprint density at radius 1 is 1.00 bits per heavy atom. The molecule has 0 bridgehead atoms. The molecule has 10 nitrogen and oxygen atoms in total. The third kappa shape index (κ3) is 4.28. The van der Waals surface area contributed by atoms with E-state index in [0.717, 1.165) is 21.4 Å². The molecule has 1 aromatic carbocycles. The molecule has 4 aromatic heterocycles. The Bertz CT molecular complexity index is 1670. The molecule has 0 atom stereocenters. The molecule has 5 rings (SSSR count). The SMILES string of the molecule is Cc1oc(-c2ccc(OC(C)C)cc2)nc1Cn1c(=O)c2cnc(-c3ccncc3)nc2n(C)c1=O. The minimum atomic E-state index is -0.508. The summed E-state index contributed by atoms with van der Waals surface area (Å²) in [7, 11) is 1.58. The van der Waals surface area contributed by atoms with Gasteiger partial charge in [-0.3, -0.25) is 18.9 Å². The molecule has 4 heterocycles. The van der Waals surface area contributed by atoms with Gasteiger partial charge >= 0.3 is 5.69 Å². The second kappa shape index (κ2) is 9.21. The van der Waals surface area contributed by atoms with Gasteiger partial charge in [-0.25, -0.2) is 19.7 Å². The fourth-order valence-corrected chi connectivity index (χ4v) is 3.86. The van der Waals surface area contributed by atoms with E-state index >= 15 is 0 Å². The maximum Gasteiger partial charge on any atom is 0.332 e. The van der Waals surface area contributed by atoms with Crippen molar-refractivity contribution in [2.24, 2.45) is 7.05 Å². The molecule has 0 N–H and O–H groups in total. The maximum absolute atomic E-state index is 13.3. The number of benzene rings is 1. The number of fused-ring (bicyclic) bond motifs is 1. The zero-order valence-electron chi connectivity index (χ0n) is 20.3. The van der Waals surface area contributed by atoms with Crippen molar-refractivity contribution in [2.45, 2.75) is 33.4 Å². The third-order valence-corrected chi connectivity index (χ3v) is 5.69. The van der Waals surface area contributed by atoms with Crippen LogP contribution in [0.1, 0.15) is 25.3 Å². The molecule has 0 unspecified atom stereocenters. The Kier molecular flexibility index (Phi) is 5.93. The average Bonchev–Trinajstić information content (AvgIpc) is 3.25. The summed E-state index contributed by atoms with van der Waals surface area (Å²) in [5.41, 5.74) is 1.23. The van der Waals surface area contributed by atoms with E-state index < -0.39 is 11.2 Å². The van der Waals surface area contributed by atoms with Gasteiger partial charge in [0.05, 0.1) is 12.6 Å². The highest BCUT2D eigenvalue weighted by Crippen LogP contribution is 2.25. The number of hydrogen-bond donors (Lipinski definition) is 0. The summed E-state index contributed by atoms with van der Waals surface area (Å²) in [6.45, 7) is 5.63. The quantitative estimate of drug-likeness (QED) is 0.360. The lowest BCUT2D eigenvalue weighted by atomic mass is 10.2. The second-order valence-electron chi connectivity index (χ2n) is 8.61. The van der Waals surface area contributed by atoms with Crippen molar-refractivity contribution in [3.8, 4) is 28.6 Å². The topological polar surface area (TPSA) is 118 Å². The van der Waals surface area contributed by atoms with Gasteiger partial charge in [0.25, 0.3) is 5.56 Å². The van der Waals surface area contributed by atoms with Gasteiger partial charge in [0.2, 0.25) is 5.89 Å². The number of aryl methyl sites for hydroxylation is 2. The van der Waals surface area contributed by atoms with Gasteiger partial charge in [-0.2, -0.15) is 0 Å². The molecule has 182 valence electrons. The second-order valence-corrected chi connectivity index (χ2v) is 8.61. The molecule has 36 heavy (non-hydrogen) atoms. The number of pyridine rings is 1. The van der Waals surface area contributed by atoms with Crippen LogP contribution < -0.4 is 16.0 Å². The predicted octanol–water partition coefficient (Wildman–Crippen LogP) is 3.35. The summed E-state index contributed by atoms with van der Waals surface area (Å²) in [5, 5.41) is 0.233. The van der Waals surface area contributed by atoms with E-state index in [0.29, 0.717) is 23.2 Å². The van der Waals surface area contributed by atoms with E-state index in [1.165, 1.54) is 10.8 Å². The first kappa shape index (κ1) is 23.2. The Hall–Kier alpha value is -4.60. The monoisotopic (exact) mass is 484 g/mol. The fraction of sp³-hybridized carbons (Fsp3) is 0.231. The number of aromatic nitrogens is 6. The lowest BCUT2D eigenvalue weighted by Crippen LogP contribution is -2.40. The van der Waals surface area contributed by atoms with Gasteiger partial charge in [-0.05, 0) is 57.2 Å². The Morgan fingerprint density at radius 2 is 1.72 bits per heavy atom. The first-order chi connectivity index (χ1) is 17.3. The predicted molar refractivity (Wildman–Crippen MR) is 134 cm³/mol. The van der Waals surface area contributed by atoms with Gasteiger partial charge in [0.15, 0.2) is 11.5 Å². The summed E-state index contributed by atoms with van der Waals surface area (Å²) in [4.78, 5) is 43.8. The Morgan fingerprint density at radius 3 is 2.42 bits per heavy atom. The zero-order chi connectivity index (χ0) is 25.4. The average molecular weight is 485 g/mol. The van der Waals surface area contributed by atoms with Crippen LogP contribution in [0.2, 0.25) is 0 Å². The minimum absolute atomic E-state index is 0.0442. The normalized spacial score (nSPS) is 11.4. The van der Waals surface area contributed by atoms with Crippen LogP contribution >= 0.6 is 0 Å². The number of nitrogens with zero attached hydrogens (tertiary/aromatic N) is 6. The Balaban J connectivity index is 1.50. The highest BCUT2D eigenvalue weighted by molar-refractivity contribution is 5.75. The minimum Gasteiger partial charge on any atom is -0.491 e. The van der Waals surface area contributed by atoms with Gasteiger partial charge in [0.1, 0.15) is 22.6 Å². The van der Waals surface area contributed by atoms with Crippen molar-refractivity contribution in [1.82, 2.24) is 29.1 Å². The van der Waals surface area contributed by atoms with Gasteiger partial charge in [-0.1, -0.05) is 0 Å². The molecular formula is C26H24N6O4. The molecule has 0 amide bonds. The highest BCUT2D eigenvalue weighted by atomic mass is 16.5. The van der Waals surface area contributed by atoms with Crippen LogP contribution in [-0.2, 0) is 13.6 Å². The van der Waals surface area contributed by atoms with Crippen LogP contribution in [-0.4, -0.2) is 35.2 Å². The number of rotatable bonds is 6. The molecule has 0 saturated heterocycles. The zero-order valence-corrected chi connectivity index (χ0v) is 20.3. The molecule has 0 saturated carbocycles. The molecule has 0 aliphatic rings. The summed E-state index contributed by atoms with van der Waals surface area (Å²) in [6.07, 6.45) is 4.77. The summed E-state index contributed by atoms with van der Waals surface area (Å²) >= 11 is 0. The van der Waals surface area contributed by atoms with Crippen molar-refractivity contribution < 1.29 is 9.15 Å². The van der Waals surface area contributed by atoms with Crippen molar-refractivity contribution in [3.05, 3.63) is 87.3 Å². The van der Waals surface area contributed by atoms with Crippen molar-refractivity contribution in [2.75, 3.05) is 0 Å². The summed E-state index contributed by atoms with van der Waals surface area (Å²) in [5.74, 6) is 2.07. The molecule has 0 radical (unpaired) electrons. The Labute approximate surface area is 205 Å². The van der Waals surface area contributed by atoms with Crippen LogP contribution in [0.25, 0.3) is 33.9 Å². The maximum atomic E-state index is 13.3. The number of ether oxygens (including phenoxy) is 1. The van der Waals surface area contributed by atoms with Crippen molar-refractivity contribution in [1.29, 1.82) is 0 Å². The first-order valence-electron chi connectivity index (χ1n) is 11.4. The highest BCUT2D eigenvalue weighted by Gasteiger charge is 2.18. The molecule has 10 heteroatoms. The van der Waals surface area contributed by atoms with Gasteiger partial charge in [0, 0.05) is 36.8 Å². The molecule has 0 fully saturated rings. The van der Waals surface area contributed by atoms with Crippen LogP contribution in [0.15, 0.2) is 69.0 Å². The van der Waals surface area contributed by atoms with Crippen molar-refractivity contribution >= 4 is 11.0 Å². The molecule has 0 aliphatic carbocycles. The van der Waals surface area contributed by atoms with E-state index in [1.807, 2.05) is 38.1 Å². The van der Waals surface area contributed by atoms with E-state index in [-0.39, 0.29) is 23.7 Å².